The standard InChI is InChI=1S/C9H15NO2/c1-5-4-7(5)10-8(9(11)12)6-2-3-6/h5-8,10H,2-4H2,1H3,(H,11,12). The Morgan fingerprint density at radius 1 is 1.58 bits per heavy atom. The third-order valence-corrected chi connectivity index (χ3v) is 2.86. The van der Waals surface area contributed by atoms with E-state index in [2.05, 4.69) is 12.2 Å². The first-order valence-corrected chi connectivity index (χ1v) is 4.67. The summed E-state index contributed by atoms with van der Waals surface area (Å²) in [6.45, 7) is 2.16. The van der Waals surface area contributed by atoms with E-state index in [9.17, 15) is 4.79 Å². The van der Waals surface area contributed by atoms with Crippen LogP contribution in [0, 0.1) is 11.8 Å². The Hall–Kier alpha value is -0.570. The maximum Gasteiger partial charge on any atom is 0.320 e. The van der Waals surface area contributed by atoms with Gasteiger partial charge in [0.2, 0.25) is 0 Å². The van der Waals surface area contributed by atoms with Gasteiger partial charge in [0.15, 0.2) is 0 Å². The number of aliphatic carboxylic acids is 1. The Bertz CT molecular complexity index is 201. The van der Waals surface area contributed by atoms with Gasteiger partial charge in [0.25, 0.3) is 0 Å². The minimum atomic E-state index is -0.670. The highest BCUT2D eigenvalue weighted by Gasteiger charge is 2.42. The third-order valence-electron chi connectivity index (χ3n) is 2.86. The van der Waals surface area contributed by atoms with E-state index < -0.39 is 5.97 Å². The second-order valence-corrected chi connectivity index (χ2v) is 4.14. The van der Waals surface area contributed by atoms with Crippen molar-refractivity contribution in [2.45, 2.75) is 38.3 Å². The molecule has 0 saturated heterocycles. The predicted molar refractivity (Wildman–Crippen MR) is 44.9 cm³/mol. The van der Waals surface area contributed by atoms with Crippen molar-refractivity contribution in [3.05, 3.63) is 0 Å². The summed E-state index contributed by atoms with van der Waals surface area (Å²) in [5, 5.41) is 12.1. The van der Waals surface area contributed by atoms with Crippen LogP contribution in [0.1, 0.15) is 26.2 Å². The fourth-order valence-electron chi connectivity index (χ4n) is 1.62. The second kappa shape index (κ2) is 2.73. The molecule has 3 nitrogen and oxygen atoms in total. The Kier molecular flexibility index (Phi) is 1.83. The van der Waals surface area contributed by atoms with Crippen molar-refractivity contribution in [2.24, 2.45) is 11.8 Å². The van der Waals surface area contributed by atoms with E-state index >= 15 is 0 Å². The summed E-state index contributed by atoms with van der Waals surface area (Å²) in [6, 6.07) is 0.214. The molecule has 3 heteroatoms. The highest BCUT2D eigenvalue weighted by atomic mass is 16.4. The molecule has 12 heavy (non-hydrogen) atoms. The molecule has 3 unspecified atom stereocenters. The number of carboxylic acid groups (broad SMARTS) is 1. The van der Waals surface area contributed by atoms with Gasteiger partial charge in [-0.25, -0.2) is 0 Å². The topological polar surface area (TPSA) is 49.3 Å². The molecule has 3 atom stereocenters. The molecule has 0 heterocycles. The monoisotopic (exact) mass is 169 g/mol. The zero-order chi connectivity index (χ0) is 8.72. The molecular weight excluding hydrogens is 154 g/mol. The lowest BCUT2D eigenvalue weighted by Crippen LogP contribution is -2.40. The van der Waals surface area contributed by atoms with Gasteiger partial charge in [-0.1, -0.05) is 6.92 Å². The van der Waals surface area contributed by atoms with E-state index in [4.69, 9.17) is 5.11 Å². The summed E-state index contributed by atoms with van der Waals surface area (Å²) in [5.41, 5.74) is 0. The molecule has 0 aromatic carbocycles. The molecule has 2 aliphatic carbocycles. The van der Waals surface area contributed by atoms with E-state index in [-0.39, 0.29) is 6.04 Å². The summed E-state index contributed by atoms with van der Waals surface area (Å²) in [7, 11) is 0. The molecule has 2 saturated carbocycles. The summed E-state index contributed by atoms with van der Waals surface area (Å²) in [6.07, 6.45) is 3.33. The molecule has 0 aliphatic heterocycles. The van der Waals surface area contributed by atoms with Crippen molar-refractivity contribution >= 4 is 5.97 Å². The van der Waals surface area contributed by atoms with Gasteiger partial charge >= 0.3 is 5.97 Å². The van der Waals surface area contributed by atoms with Crippen molar-refractivity contribution in [1.29, 1.82) is 0 Å². The SMILES string of the molecule is CC1CC1NC(C(=O)O)C1CC1. The highest BCUT2D eigenvalue weighted by molar-refractivity contribution is 5.74. The minimum absolute atomic E-state index is 0.264. The lowest BCUT2D eigenvalue weighted by molar-refractivity contribution is -0.140. The second-order valence-electron chi connectivity index (χ2n) is 4.14. The lowest BCUT2D eigenvalue weighted by atomic mass is 10.2. The molecule has 0 amide bonds. The van der Waals surface area contributed by atoms with E-state index in [1.165, 1.54) is 0 Å². The summed E-state index contributed by atoms with van der Waals surface area (Å²) in [5.74, 6) is 0.428. The van der Waals surface area contributed by atoms with Crippen LogP contribution in [0.15, 0.2) is 0 Å². The maximum atomic E-state index is 10.8. The molecule has 0 spiro atoms. The van der Waals surface area contributed by atoms with E-state index in [1.54, 1.807) is 0 Å². The smallest absolute Gasteiger partial charge is 0.320 e. The zero-order valence-corrected chi connectivity index (χ0v) is 7.29. The summed E-state index contributed by atoms with van der Waals surface area (Å²) in [4.78, 5) is 10.8. The largest absolute Gasteiger partial charge is 0.480 e. The van der Waals surface area contributed by atoms with Crippen LogP contribution in [0.5, 0.6) is 0 Å². The number of hydrogen-bond acceptors (Lipinski definition) is 2. The number of hydrogen-bond donors (Lipinski definition) is 2. The van der Waals surface area contributed by atoms with Crippen LogP contribution in [-0.2, 0) is 4.79 Å². The van der Waals surface area contributed by atoms with Gasteiger partial charge in [-0.05, 0) is 31.1 Å². The fourth-order valence-corrected chi connectivity index (χ4v) is 1.62. The van der Waals surface area contributed by atoms with Gasteiger partial charge in [0.05, 0.1) is 0 Å². The predicted octanol–water partition coefficient (Wildman–Crippen LogP) is 0.848. The van der Waals surface area contributed by atoms with Crippen molar-refractivity contribution < 1.29 is 9.90 Å². The van der Waals surface area contributed by atoms with Gasteiger partial charge in [-0.2, -0.15) is 0 Å². The quantitative estimate of drug-likeness (QED) is 0.656. The number of nitrogens with one attached hydrogen (secondary N) is 1. The van der Waals surface area contributed by atoms with Crippen LogP contribution in [0.4, 0.5) is 0 Å². The van der Waals surface area contributed by atoms with Crippen molar-refractivity contribution in [3.63, 3.8) is 0 Å². The van der Waals surface area contributed by atoms with Crippen molar-refractivity contribution in [2.75, 3.05) is 0 Å². The minimum Gasteiger partial charge on any atom is -0.480 e. The lowest BCUT2D eigenvalue weighted by Gasteiger charge is -2.12. The van der Waals surface area contributed by atoms with E-state index in [1.807, 2.05) is 0 Å². The molecule has 0 aromatic heterocycles. The molecule has 68 valence electrons. The Morgan fingerprint density at radius 3 is 2.50 bits per heavy atom. The van der Waals surface area contributed by atoms with Gasteiger partial charge < -0.3 is 10.4 Å². The summed E-state index contributed by atoms with van der Waals surface area (Å²) < 4.78 is 0. The zero-order valence-electron chi connectivity index (χ0n) is 7.29. The van der Waals surface area contributed by atoms with Gasteiger partial charge in [-0.15, -0.1) is 0 Å². The Labute approximate surface area is 72.2 Å². The van der Waals surface area contributed by atoms with Crippen LogP contribution in [0.3, 0.4) is 0 Å². The molecule has 2 fully saturated rings. The highest BCUT2D eigenvalue weighted by Crippen LogP contribution is 2.36. The third kappa shape index (κ3) is 1.61. The first-order chi connectivity index (χ1) is 5.68. The number of carboxylic acids is 1. The maximum absolute atomic E-state index is 10.8. The van der Waals surface area contributed by atoms with Crippen LogP contribution < -0.4 is 5.32 Å². The Morgan fingerprint density at radius 2 is 2.17 bits per heavy atom. The average Bonchev–Trinajstić information content (AvgIpc) is 2.80. The molecule has 0 bridgehead atoms. The van der Waals surface area contributed by atoms with Gasteiger partial charge in [0, 0.05) is 6.04 Å². The van der Waals surface area contributed by atoms with Gasteiger partial charge in [0.1, 0.15) is 6.04 Å². The van der Waals surface area contributed by atoms with Crippen molar-refractivity contribution in [3.8, 4) is 0 Å². The number of rotatable bonds is 4. The molecule has 0 aromatic rings. The van der Waals surface area contributed by atoms with Crippen LogP contribution in [-0.4, -0.2) is 23.2 Å². The normalized spacial score (nSPS) is 36.1. The first kappa shape index (κ1) is 8.05. The first-order valence-electron chi connectivity index (χ1n) is 4.67. The van der Waals surface area contributed by atoms with Crippen LogP contribution in [0.2, 0.25) is 0 Å². The van der Waals surface area contributed by atoms with E-state index in [0.717, 1.165) is 19.3 Å². The van der Waals surface area contributed by atoms with Crippen LogP contribution in [0.25, 0.3) is 0 Å². The molecule has 0 radical (unpaired) electrons. The number of carbonyl (C=O) groups is 1. The average molecular weight is 169 g/mol. The summed E-state index contributed by atoms with van der Waals surface area (Å²) >= 11 is 0. The van der Waals surface area contributed by atoms with Crippen molar-refractivity contribution in [1.82, 2.24) is 5.32 Å². The molecular formula is C9H15NO2. The van der Waals surface area contributed by atoms with Gasteiger partial charge in [-0.3, -0.25) is 4.79 Å². The molecule has 2 rings (SSSR count). The van der Waals surface area contributed by atoms with E-state index in [0.29, 0.717) is 17.9 Å². The fraction of sp³-hybridized carbons (Fsp3) is 0.889. The molecule has 2 N–H and O–H groups in total. The van der Waals surface area contributed by atoms with Crippen LogP contribution >= 0.6 is 0 Å². The Balaban J connectivity index is 1.84. The molecule has 2 aliphatic rings.